The molecule has 1 saturated carbocycles. The number of alkyl halides is 2. The van der Waals surface area contributed by atoms with Gasteiger partial charge in [0.05, 0.1) is 22.6 Å². The summed E-state index contributed by atoms with van der Waals surface area (Å²) >= 11 is 11.8. The topological polar surface area (TPSA) is 35.2 Å². The standard InChI is InChI=1S/C12H13Cl2F2NO/c1-11(2)9(12(11,15)16)5-18-10-7(13)3-6(17)4-8(10)14/h3-4,9H,5,17H2,1-2H3. The van der Waals surface area contributed by atoms with Crippen LogP contribution in [0.4, 0.5) is 14.5 Å². The van der Waals surface area contributed by atoms with Crippen molar-refractivity contribution in [2.45, 2.75) is 19.8 Å². The van der Waals surface area contributed by atoms with Crippen molar-refractivity contribution >= 4 is 28.9 Å². The second-order valence-corrected chi connectivity index (χ2v) is 5.84. The molecular weight excluding hydrogens is 283 g/mol. The zero-order chi connectivity index (χ0) is 13.7. The molecule has 0 saturated heterocycles. The smallest absolute Gasteiger partial charge is 0.260 e. The fourth-order valence-electron chi connectivity index (χ4n) is 1.95. The molecule has 1 unspecified atom stereocenters. The van der Waals surface area contributed by atoms with Gasteiger partial charge in [-0.1, -0.05) is 37.0 Å². The van der Waals surface area contributed by atoms with E-state index in [1.54, 1.807) is 0 Å². The minimum Gasteiger partial charge on any atom is -0.490 e. The summed E-state index contributed by atoms with van der Waals surface area (Å²) in [4.78, 5) is 0. The summed E-state index contributed by atoms with van der Waals surface area (Å²) in [6.07, 6.45) is 0. The van der Waals surface area contributed by atoms with Gasteiger partial charge in [0.15, 0.2) is 5.75 Å². The van der Waals surface area contributed by atoms with E-state index in [4.69, 9.17) is 33.7 Å². The molecule has 1 aliphatic carbocycles. The van der Waals surface area contributed by atoms with E-state index in [0.717, 1.165) is 0 Å². The van der Waals surface area contributed by atoms with Crippen molar-refractivity contribution in [3.8, 4) is 5.75 Å². The first-order chi connectivity index (χ1) is 8.18. The Bertz CT molecular complexity index is 454. The van der Waals surface area contributed by atoms with Crippen LogP contribution in [-0.2, 0) is 0 Å². The molecule has 0 heterocycles. The highest BCUT2D eigenvalue weighted by molar-refractivity contribution is 6.37. The molecule has 1 aromatic carbocycles. The first-order valence-corrected chi connectivity index (χ1v) is 6.18. The third kappa shape index (κ3) is 2.01. The monoisotopic (exact) mass is 295 g/mol. The van der Waals surface area contributed by atoms with E-state index < -0.39 is 17.3 Å². The number of hydrogen-bond donors (Lipinski definition) is 1. The predicted octanol–water partition coefficient (Wildman–Crippen LogP) is 4.25. The Morgan fingerprint density at radius 3 is 2.11 bits per heavy atom. The molecule has 2 N–H and O–H groups in total. The summed E-state index contributed by atoms with van der Waals surface area (Å²) in [6.45, 7) is 2.89. The Morgan fingerprint density at radius 2 is 1.72 bits per heavy atom. The van der Waals surface area contributed by atoms with Crippen LogP contribution < -0.4 is 10.5 Å². The summed E-state index contributed by atoms with van der Waals surface area (Å²) in [7, 11) is 0. The van der Waals surface area contributed by atoms with Crippen molar-refractivity contribution in [1.29, 1.82) is 0 Å². The average Bonchev–Trinajstić information content (AvgIpc) is 2.58. The van der Waals surface area contributed by atoms with Gasteiger partial charge in [-0.2, -0.15) is 0 Å². The van der Waals surface area contributed by atoms with Crippen LogP contribution in [0.2, 0.25) is 10.0 Å². The molecule has 6 heteroatoms. The Kier molecular flexibility index (Phi) is 3.14. The van der Waals surface area contributed by atoms with E-state index in [0.29, 0.717) is 5.69 Å². The third-order valence-corrected chi connectivity index (χ3v) is 4.06. The number of anilines is 1. The van der Waals surface area contributed by atoms with Gasteiger partial charge in [-0.05, 0) is 12.1 Å². The van der Waals surface area contributed by atoms with Crippen molar-refractivity contribution in [2.24, 2.45) is 11.3 Å². The molecule has 18 heavy (non-hydrogen) atoms. The normalized spacial score (nSPS) is 23.8. The van der Waals surface area contributed by atoms with Crippen molar-refractivity contribution in [2.75, 3.05) is 12.3 Å². The highest BCUT2D eigenvalue weighted by Gasteiger charge is 2.75. The van der Waals surface area contributed by atoms with Gasteiger partial charge < -0.3 is 10.5 Å². The number of nitrogens with two attached hydrogens (primary N) is 1. The maximum atomic E-state index is 13.4. The maximum absolute atomic E-state index is 13.4. The summed E-state index contributed by atoms with van der Waals surface area (Å²) in [5.74, 6) is -3.33. The van der Waals surface area contributed by atoms with E-state index in [9.17, 15) is 8.78 Å². The molecule has 0 radical (unpaired) electrons. The number of halogens is 4. The number of hydrogen-bond acceptors (Lipinski definition) is 2. The highest BCUT2D eigenvalue weighted by Crippen LogP contribution is 2.65. The second kappa shape index (κ2) is 4.14. The first-order valence-electron chi connectivity index (χ1n) is 5.43. The lowest BCUT2D eigenvalue weighted by Crippen LogP contribution is -2.06. The molecule has 0 bridgehead atoms. The Morgan fingerprint density at radius 1 is 1.28 bits per heavy atom. The lowest BCUT2D eigenvalue weighted by atomic mass is 10.1. The molecule has 0 spiro atoms. The third-order valence-electron chi connectivity index (χ3n) is 3.50. The molecule has 2 rings (SSSR count). The lowest BCUT2D eigenvalue weighted by Gasteiger charge is -2.10. The van der Waals surface area contributed by atoms with Crippen LogP contribution >= 0.6 is 23.2 Å². The fourth-order valence-corrected chi connectivity index (χ4v) is 2.57. The van der Waals surface area contributed by atoms with E-state index in [-0.39, 0.29) is 22.4 Å². The second-order valence-electron chi connectivity index (χ2n) is 5.02. The molecule has 1 fully saturated rings. The minimum absolute atomic E-state index is 0.122. The van der Waals surface area contributed by atoms with Gasteiger partial charge in [0.25, 0.3) is 5.92 Å². The van der Waals surface area contributed by atoms with Crippen LogP contribution in [0.15, 0.2) is 12.1 Å². The Labute approximate surface area is 114 Å². The predicted molar refractivity (Wildman–Crippen MR) is 68.6 cm³/mol. The van der Waals surface area contributed by atoms with E-state index in [1.807, 2.05) is 0 Å². The van der Waals surface area contributed by atoms with Gasteiger partial charge >= 0.3 is 0 Å². The van der Waals surface area contributed by atoms with Crippen LogP contribution in [0.25, 0.3) is 0 Å². The molecule has 0 aliphatic heterocycles. The van der Waals surface area contributed by atoms with Gasteiger partial charge in [0, 0.05) is 11.1 Å². The van der Waals surface area contributed by atoms with Gasteiger partial charge in [-0.25, -0.2) is 8.78 Å². The highest BCUT2D eigenvalue weighted by atomic mass is 35.5. The van der Waals surface area contributed by atoms with Crippen LogP contribution in [0.3, 0.4) is 0 Å². The summed E-state index contributed by atoms with van der Waals surface area (Å²) in [5.41, 5.74) is 4.89. The van der Waals surface area contributed by atoms with Crippen molar-refractivity contribution in [3.05, 3.63) is 22.2 Å². The Balaban J connectivity index is 2.09. The SMILES string of the molecule is CC1(C)C(COc2c(Cl)cc(N)cc2Cl)C1(F)F. The number of benzene rings is 1. The number of rotatable bonds is 3. The molecule has 1 aliphatic rings. The lowest BCUT2D eigenvalue weighted by molar-refractivity contribution is 0.0608. The van der Waals surface area contributed by atoms with E-state index >= 15 is 0 Å². The van der Waals surface area contributed by atoms with E-state index in [2.05, 4.69) is 0 Å². The zero-order valence-electron chi connectivity index (χ0n) is 9.94. The fraction of sp³-hybridized carbons (Fsp3) is 0.500. The maximum Gasteiger partial charge on any atom is 0.260 e. The minimum atomic E-state index is -2.71. The zero-order valence-corrected chi connectivity index (χ0v) is 11.4. The summed E-state index contributed by atoms with van der Waals surface area (Å²) in [5, 5.41) is 0.448. The summed E-state index contributed by atoms with van der Waals surface area (Å²) < 4.78 is 32.1. The van der Waals surface area contributed by atoms with E-state index in [1.165, 1.54) is 26.0 Å². The van der Waals surface area contributed by atoms with Crippen molar-refractivity contribution in [3.63, 3.8) is 0 Å². The van der Waals surface area contributed by atoms with Crippen molar-refractivity contribution in [1.82, 2.24) is 0 Å². The molecule has 1 aromatic rings. The first kappa shape index (κ1) is 13.7. The molecule has 1 atom stereocenters. The Hall–Kier alpha value is -0.740. The molecule has 0 amide bonds. The van der Waals surface area contributed by atoms with Gasteiger partial charge in [0.2, 0.25) is 0 Å². The average molecular weight is 296 g/mol. The molecule has 100 valence electrons. The van der Waals surface area contributed by atoms with Gasteiger partial charge in [-0.15, -0.1) is 0 Å². The molecule has 2 nitrogen and oxygen atoms in total. The van der Waals surface area contributed by atoms with Crippen LogP contribution in [-0.4, -0.2) is 12.5 Å². The van der Waals surface area contributed by atoms with Gasteiger partial charge in [-0.3, -0.25) is 0 Å². The van der Waals surface area contributed by atoms with Crippen molar-refractivity contribution < 1.29 is 13.5 Å². The quantitative estimate of drug-likeness (QED) is 0.846. The molecule has 0 aromatic heterocycles. The van der Waals surface area contributed by atoms with Crippen LogP contribution in [0.5, 0.6) is 5.75 Å². The van der Waals surface area contributed by atoms with Crippen LogP contribution in [0.1, 0.15) is 13.8 Å². The van der Waals surface area contributed by atoms with Crippen LogP contribution in [0, 0.1) is 11.3 Å². The summed E-state index contributed by atoms with van der Waals surface area (Å²) in [6, 6.07) is 2.94. The number of nitrogen functional groups attached to an aromatic ring is 1. The molecular formula is C12H13Cl2F2NO. The van der Waals surface area contributed by atoms with Gasteiger partial charge in [0.1, 0.15) is 0 Å². The number of ether oxygens (including phenoxy) is 1. The largest absolute Gasteiger partial charge is 0.490 e.